The van der Waals surface area contributed by atoms with E-state index in [1.165, 1.54) is 76.0 Å². The van der Waals surface area contributed by atoms with Crippen LogP contribution in [0.5, 0.6) is 0 Å². The molecule has 0 saturated carbocycles. The summed E-state index contributed by atoms with van der Waals surface area (Å²) in [6, 6.07) is 75.2. The summed E-state index contributed by atoms with van der Waals surface area (Å²) < 4.78 is 2.44. The number of para-hydroxylation sites is 3. The third-order valence-corrected chi connectivity index (χ3v) is 11.1. The van der Waals surface area contributed by atoms with Gasteiger partial charge in [0.05, 0.1) is 11.0 Å². The van der Waals surface area contributed by atoms with E-state index in [-0.39, 0.29) is 0 Å². The highest BCUT2D eigenvalue weighted by molar-refractivity contribution is 6.31. The van der Waals surface area contributed by atoms with Gasteiger partial charge in [0.1, 0.15) is 0 Å². The maximum atomic E-state index is 2.47. The molecule has 0 N–H and O–H groups in total. The van der Waals surface area contributed by atoms with Gasteiger partial charge in [0.15, 0.2) is 0 Å². The predicted octanol–water partition coefficient (Wildman–Crippen LogP) is 14.5. The molecule has 54 heavy (non-hydrogen) atoms. The summed E-state index contributed by atoms with van der Waals surface area (Å²) in [5, 5.41) is 12.6. The minimum absolute atomic E-state index is 1.13. The van der Waals surface area contributed by atoms with Gasteiger partial charge < -0.3 is 9.47 Å². The van der Waals surface area contributed by atoms with Crippen LogP contribution < -0.4 is 4.90 Å². The molecule has 0 fully saturated rings. The summed E-state index contributed by atoms with van der Waals surface area (Å²) in [7, 11) is 0. The molecular formula is C52H34N2. The highest BCUT2D eigenvalue weighted by atomic mass is 15.1. The van der Waals surface area contributed by atoms with Crippen molar-refractivity contribution in [3.63, 3.8) is 0 Å². The number of rotatable bonds is 5. The zero-order valence-corrected chi connectivity index (χ0v) is 29.5. The van der Waals surface area contributed by atoms with Crippen molar-refractivity contribution in [2.24, 2.45) is 0 Å². The summed E-state index contributed by atoms with van der Waals surface area (Å²) in [6.07, 6.45) is 0. The lowest BCUT2D eigenvalue weighted by Gasteiger charge is -2.26. The van der Waals surface area contributed by atoms with E-state index in [1.54, 1.807) is 0 Å². The first-order valence-corrected chi connectivity index (χ1v) is 18.6. The van der Waals surface area contributed by atoms with Crippen LogP contribution >= 0.6 is 0 Å². The first-order valence-electron chi connectivity index (χ1n) is 18.6. The van der Waals surface area contributed by atoms with Crippen molar-refractivity contribution in [3.8, 4) is 16.8 Å². The van der Waals surface area contributed by atoms with Crippen molar-refractivity contribution in [3.05, 3.63) is 206 Å². The number of benzene rings is 10. The van der Waals surface area contributed by atoms with Crippen molar-refractivity contribution in [2.45, 2.75) is 0 Å². The lowest BCUT2D eigenvalue weighted by Crippen LogP contribution is -2.09. The van der Waals surface area contributed by atoms with Crippen LogP contribution in [-0.4, -0.2) is 4.57 Å². The lowest BCUT2D eigenvalue weighted by atomic mass is 9.91. The first-order chi connectivity index (χ1) is 26.8. The molecule has 0 bridgehead atoms. The van der Waals surface area contributed by atoms with Gasteiger partial charge in [-0.15, -0.1) is 0 Å². The van der Waals surface area contributed by atoms with Crippen LogP contribution in [0.15, 0.2) is 206 Å². The van der Waals surface area contributed by atoms with Gasteiger partial charge in [-0.2, -0.15) is 0 Å². The fraction of sp³-hybridized carbons (Fsp3) is 0. The zero-order chi connectivity index (χ0) is 35.6. The molecule has 11 aromatic rings. The molecule has 2 nitrogen and oxygen atoms in total. The van der Waals surface area contributed by atoms with E-state index < -0.39 is 0 Å². The molecular weight excluding hydrogens is 653 g/mol. The molecule has 252 valence electrons. The van der Waals surface area contributed by atoms with Crippen LogP contribution in [0.25, 0.3) is 81.7 Å². The van der Waals surface area contributed by atoms with Gasteiger partial charge in [0.2, 0.25) is 0 Å². The Kier molecular flexibility index (Phi) is 6.90. The maximum Gasteiger partial charge on any atom is 0.0547 e. The third-order valence-electron chi connectivity index (χ3n) is 11.1. The van der Waals surface area contributed by atoms with E-state index in [0.717, 1.165) is 22.7 Å². The number of fused-ring (bicyclic) bond motifs is 11. The first kappa shape index (κ1) is 30.5. The standard InChI is InChI=1S/C52H34N2/c1-5-15-35(16-6-1)36-25-28-45-51(32-36)54(40-21-11-4-12-22-40)50-30-26-37-31-47-42-23-13-14-24-43(42)48-33-41(27-29-44(48)49(47)34-46(37)52(45)50)53(38-17-7-2-8-18-38)39-19-9-3-10-20-39/h1-34H. The van der Waals surface area contributed by atoms with Crippen LogP contribution in [0.1, 0.15) is 0 Å². The summed E-state index contributed by atoms with van der Waals surface area (Å²) in [5.74, 6) is 0. The van der Waals surface area contributed by atoms with Crippen molar-refractivity contribution in [2.75, 3.05) is 4.90 Å². The maximum absolute atomic E-state index is 2.47. The predicted molar refractivity (Wildman–Crippen MR) is 231 cm³/mol. The zero-order valence-electron chi connectivity index (χ0n) is 29.5. The summed E-state index contributed by atoms with van der Waals surface area (Å²) >= 11 is 0. The fourth-order valence-electron chi connectivity index (χ4n) is 8.68. The van der Waals surface area contributed by atoms with Gasteiger partial charge in [-0.3, -0.25) is 0 Å². The lowest BCUT2D eigenvalue weighted by molar-refractivity contribution is 1.18. The summed E-state index contributed by atoms with van der Waals surface area (Å²) in [5.41, 5.74) is 9.41. The molecule has 0 aliphatic rings. The van der Waals surface area contributed by atoms with Crippen molar-refractivity contribution in [1.82, 2.24) is 4.57 Å². The number of hydrogen-bond acceptors (Lipinski definition) is 1. The second-order valence-electron chi connectivity index (χ2n) is 14.1. The van der Waals surface area contributed by atoms with Crippen molar-refractivity contribution < 1.29 is 0 Å². The Bertz CT molecular complexity index is 3140. The molecule has 0 unspecified atom stereocenters. The van der Waals surface area contributed by atoms with Crippen molar-refractivity contribution in [1.29, 1.82) is 0 Å². The molecule has 0 amide bonds. The monoisotopic (exact) mass is 686 g/mol. The molecule has 0 aliphatic carbocycles. The van der Waals surface area contributed by atoms with Gasteiger partial charge in [0.25, 0.3) is 0 Å². The molecule has 2 heteroatoms. The van der Waals surface area contributed by atoms with Gasteiger partial charge in [-0.1, -0.05) is 133 Å². The molecule has 1 heterocycles. The Hall–Kier alpha value is -7.16. The molecule has 11 rings (SSSR count). The molecule has 0 spiro atoms. The minimum Gasteiger partial charge on any atom is -0.310 e. The Labute approximate surface area is 313 Å². The Morgan fingerprint density at radius 1 is 0.296 bits per heavy atom. The average Bonchev–Trinajstić information content (AvgIpc) is 3.59. The Morgan fingerprint density at radius 3 is 1.54 bits per heavy atom. The highest BCUT2D eigenvalue weighted by Crippen LogP contribution is 2.44. The quantitative estimate of drug-likeness (QED) is 0.129. The van der Waals surface area contributed by atoms with Crippen LogP contribution in [0, 0.1) is 0 Å². The Morgan fingerprint density at radius 2 is 0.852 bits per heavy atom. The van der Waals surface area contributed by atoms with Gasteiger partial charge in [0, 0.05) is 33.5 Å². The normalized spacial score (nSPS) is 11.7. The van der Waals surface area contributed by atoms with Gasteiger partial charge in [-0.05, 0) is 127 Å². The van der Waals surface area contributed by atoms with Crippen LogP contribution in [0.2, 0.25) is 0 Å². The molecule has 0 radical (unpaired) electrons. The fourth-order valence-corrected chi connectivity index (χ4v) is 8.68. The average molecular weight is 687 g/mol. The second kappa shape index (κ2) is 12.2. The number of nitrogens with zero attached hydrogens (tertiary/aromatic N) is 2. The second-order valence-corrected chi connectivity index (χ2v) is 14.1. The van der Waals surface area contributed by atoms with E-state index in [0.29, 0.717) is 0 Å². The number of aromatic nitrogens is 1. The summed E-state index contributed by atoms with van der Waals surface area (Å²) in [6.45, 7) is 0. The van der Waals surface area contributed by atoms with Crippen molar-refractivity contribution >= 4 is 82.0 Å². The van der Waals surface area contributed by atoms with Crippen LogP contribution in [0.3, 0.4) is 0 Å². The van der Waals surface area contributed by atoms with Crippen LogP contribution in [-0.2, 0) is 0 Å². The largest absolute Gasteiger partial charge is 0.310 e. The van der Waals surface area contributed by atoms with E-state index in [2.05, 4.69) is 216 Å². The Balaban J connectivity index is 1.22. The third kappa shape index (κ3) is 4.74. The summed E-state index contributed by atoms with van der Waals surface area (Å²) in [4.78, 5) is 2.35. The molecule has 0 saturated heterocycles. The number of anilines is 3. The highest BCUT2D eigenvalue weighted by Gasteiger charge is 2.19. The molecule has 0 aliphatic heterocycles. The SMILES string of the molecule is c1ccc(-c2ccc3c4c5cc6c7ccc(N(c8ccccc8)c8ccccc8)cc7c7ccccc7c6cc5ccc4n(-c4ccccc4)c3c2)cc1. The number of hydrogen-bond donors (Lipinski definition) is 0. The van der Waals surface area contributed by atoms with Gasteiger partial charge in [-0.25, -0.2) is 0 Å². The topological polar surface area (TPSA) is 8.17 Å². The van der Waals surface area contributed by atoms with E-state index in [4.69, 9.17) is 0 Å². The molecule has 1 aromatic heterocycles. The minimum atomic E-state index is 1.13. The van der Waals surface area contributed by atoms with E-state index in [1.807, 2.05) is 0 Å². The van der Waals surface area contributed by atoms with Crippen LogP contribution in [0.4, 0.5) is 17.1 Å². The smallest absolute Gasteiger partial charge is 0.0547 e. The van der Waals surface area contributed by atoms with E-state index >= 15 is 0 Å². The molecule has 10 aromatic carbocycles. The molecule has 0 atom stereocenters. The van der Waals surface area contributed by atoms with Gasteiger partial charge >= 0.3 is 0 Å². The van der Waals surface area contributed by atoms with E-state index in [9.17, 15) is 0 Å².